The molecule has 2 fully saturated rings. The molecule has 3 N–H and O–H groups in total. The van der Waals surface area contributed by atoms with E-state index >= 15 is 0 Å². The molecule has 0 bridgehead atoms. The maximum atomic E-state index is 11.5. The molecule has 0 amide bonds. The molecular formula is C21H34O8. The van der Waals surface area contributed by atoms with Gasteiger partial charge in [0.05, 0.1) is 29.8 Å². The Morgan fingerprint density at radius 1 is 0.724 bits per heavy atom. The maximum absolute atomic E-state index is 11.5. The predicted molar refractivity (Wildman–Crippen MR) is 104 cm³/mol. The van der Waals surface area contributed by atoms with Crippen molar-refractivity contribution in [1.29, 1.82) is 0 Å². The van der Waals surface area contributed by atoms with Crippen molar-refractivity contribution in [2.24, 2.45) is 33.5 Å². The molecule has 0 radical (unpaired) electrons. The van der Waals surface area contributed by atoms with E-state index in [1.165, 1.54) is 7.11 Å². The van der Waals surface area contributed by atoms with Crippen molar-refractivity contribution in [3.8, 4) is 0 Å². The van der Waals surface area contributed by atoms with Crippen LogP contribution in [-0.4, -0.2) is 46.3 Å². The van der Waals surface area contributed by atoms with Crippen LogP contribution >= 0.6 is 0 Å². The van der Waals surface area contributed by atoms with Gasteiger partial charge in [-0.25, -0.2) is 0 Å². The molecule has 8 heteroatoms. The van der Waals surface area contributed by atoms with Crippen LogP contribution in [0.2, 0.25) is 0 Å². The van der Waals surface area contributed by atoms with E-state index in [9.17, 15) is 24.3 Å². The average Bonchev–Trinajstić information content (AvgIpc) is 2.99. The molecule has 0 aromatic rings. The fourth-order valence-electron chi connectivity index (χ4n) is 4.75. The molecule has 2 aliphatic rings. The highest BCUT2D eigenvalue weighted by Crippen LogP contribution is 2.57. The monoisotopic (exact) mass is 414 g/mol. The first-order valence-electron chi connectivity index (χ1n) is 9.78. The van der Waals surface area contributed by atoms with E-state index < -0.39 is 45.5 Å². The number of hydrogen-bond acceptors (Lipinski definition) is 5. The van der Waals surface area contributed by atoms with Gasteiger partial charge in [-0.15, -0.1) is 0 Å². The molecule has 0 aromatic carbocycles. The number of rotatable bonds is 4. The van der Waals surface area contributed by atoms with E-state index in [2.05, 4.69) is 0 Å². The SMILES string of the molecule is CC1(C)[C@H](C(=O)O)CC[C@]1(C)C(=O)O.COC(=O)[C@@H]1CC[C@](C)(C(=O)O)C1(C)C. The second-order valence-corrected chi connectivity index (χ2v) is 9.76. The summed E-state index contributed by atoms with van der Waals surface area (Å²) in [6, 6.07) is 0. The lowest BCUT2D eigenvalue weighted by Crippen LogP contribution is -2.42. The number of ether oxygens (including phenoxy) is 1. The Labute approximate surface area is 171 Å². The fraction of sp³-hybridized carbons (Fsp3) is 0.810. The van der Waals surface area contributed by atoms with Gasteiger partial charge in [-0.05, 0) is 50.4 Å². The number of aliphatic carboxylic acids is 3. The van der Waals surface area contributed by atoms with Crippen LogP contribution in [0.3, 0.4) is 0 Å². The summed E-state index contributed by atoms with van der Waals surface area (Å²) >= 11 is 0. The molecule has 0 aliphatic heterocycles. The lowest BCUT2D eigenvalue weighted by atomic mass is 9.66. The fourth-order valence-corrected chi connectivity index (χ4v) is 4.75. The van der Waals surface area contributed by atoms with Gasteiger partial charge in [0, 0.05) is 0 Å². The number of carbonyl (C=O) groups excluding carboxylic acids is 1. The molecule has 0 aromatic heterocycles. The van der Waals surface area contributed by atoms with Crippen molar-refractivity contribution >= 4 is 23.9 Å². The second kappa shape index (κ2) is 7.95. The number of carboxylic acids is 3. The highest BCUT2D eigenvalue weighted by molar-refractivity contribution is 5.81. The Kier molecular flexibility index (Phi) is 6.83. The van der Waals surface area contributed by atoms with Crippen LogP contribution in [0, 0.1) is 33.5 Å². The number of carboxylic acid groups (broad SMARTS) is 3. The summed E-state index contributed by atoms with van der Waals surface area (Å²) in [6.07, 6.45) is 2.00. The second-order valence-electron chi connectivity index (χ2n) is 9.76. The number of methoxy groups -OCH3 is 1. The van der Waals surface area contributed by atoms with Crippen LogP contribution in [0.5, 0.6) is 0 Å². The minimum absolute atomic E-state index is 0.301. The van der Waals surface area contributed by atoms with E-state index in [4.69, 9.17) is 14.9 Å². The molecule has 166 valence electrons. The zero-order chi connectivity index (χ0) is 23.0. The molecule has 2 rings (SSSR count). The Morgan fingerprint density at radius 2 is 1.07 bits per heavy atom. The minimum atomic E-state index is -0.921. The Balaban J connectivity index is 0.000000291. The molecule has 2 saturated carbocycles. The van der Waals surface area contributed by atoms with Crippen molar-refractivity contribution in [1.82, 2.24) is 0 Å². The highest BCUT2D eigenvalue weighted by Gasteiger charge is 2.59. The van der Waals surface area contributed by atoms with Gasteiger partial charge in [0.2, 0.25) is 0 Å². The predicted octanol–water partition coefficient (Wildman–Crippen LogP) is 3.28. The number of esters is 1. The van der Waals surface area contributed by atoms with E-state index in [0.29, 0.717) is 25.7 Å². The summed E-state index contributed by atoms with van der Waals surface area (Å²) in [6.45, 7) is 10.5. The van der Waals surface area contributed by atoms with Crippen molar-refractivity contribution in [2.45, 2.75) is 67.2 Å². The quantitative estimate of drug-likeness (QED) is 0.596. The van der Waals surface area contributed by atoms with Gasteiger partial charge >= 0.3 is 23.9 Å². The third kappa shape index (κ3) is 3.85. The van der Waals surface area contributed by atoms with Crippen LogP contribution in [0.25, 0.3) is 0 Å². The van der Waals surface area contributed by atoms with Crippen molar-refractivity contribution in [2.75, 3.05) is 7.11 Å². The molecule has 2 aliphatic carbocycles. The molecule has 8 nitrogen and oxygen atoms in total. The van der Waals surface area contributed by atoms with Crippen molar-refractivity contribution in [3.05, 3.63) is 0 Å². The smallest absolute Gasteiger partial charge is 0.309 e. The first kappa shape index (κ1) is 24.9. The van der Waals surface area contributed by atoms with Crippen LogP contribution in [0.15, 0.2) is 0 Å². The molecule has 0 spiro atoms. The van der Waals surface area contributed by atoms with Crippen molar-refractivity contribution < 1.29 is 39.2 Å². The first-order chi connectivity index (χ1) is 13.0. The Morgan fingerprint density at radius 3 is 1.31 bits per heavy atom. The summed E-state index contributed by atoms with van der Waals surface area (Å²) in [5.41, 5.74) is -3.02. The standard InChI is InChI=1S/C11H18O4.C10H16O4/c1-10(2)7(8(12)15-4)5-6-11(10,3)9(13)14;1-9(2)6(7(11)12)4-5-10(9,3)8(13)14/h7H,5-6H2,1-4H3,(H,13,14);6H,4-5H2,1-3H3,(H,11,12)(H,13,14)/t7-,11+;6-,10+/m00/s1. The van der Waals surface area contributed by atoms with Crippen molar-refractivity contribution in [3.63, 3.8) is 0 Å². The zero-order valence-corrected chi connectivity index (χ0v) is 18.4. The van der Waals surface area contributed by atoms with E-state index in [0.717, 1.165) is 0 Å². The molecule has 0 saturated heterocycles. The largest absolute Gasteiger partial charge is 0.481 e. The summed E-state index contributed by atoms with van der Waals surface area (Å²) in [5, 5.41) is 27.3. The number of hydrogen-bond donors (Lipinski definition) is 3. The molecule has 4 atom stereocenters. The first-order valence-corrected chi connectivity index (χ1v) is 9.78. The Hall–Kier alpha value is -2.12. The molecule has 29 heavy (non-hydrogen) atoms. The molecular weight excluding hydrogens is 380 g/mol. The van der Waals surface area contributed by atoms with Crippen LogP contribution in [-0.2, 0) is 23.9 Å². The summed E-state index contributed by atoms with van der Waals surface area (Å²) in [5.74, 6) is -3.79. The maximum Gasteiger partial charge on any atom is 0.309 e. The van der Waals surface area contributed by atoms with Crippen LogP contribution in [0.1, 0.15) is 67.2 Å². The lowest BCUT2D eigenvalue weighted by Gasteiger charge is -2.37. The van der Waals surface area contributed by atoms with Gasteiger partial charge in [-0.1, -0.05) is 27.7 Å². The van der Waals surface area contributed by atoms with Crippen LogP contribution < -0.4 is 0 Å². The van der Waals surface area contributed by atoms with Gasteiger partial charge in [0.15, 0.2) is 0 Å². The zero-order valence-electron chi connectivity index (χ0n) is 18.4. The topological polar surface area (TPSA) is 138 Å². The van der Waals surface area contributed by atoms with Gasteiger partial charge < -0.3 is 20.1 Å². The van der Waals surface area contributed by atoms with Gasteiger partial charge in [0.25, 0.3) is 0 Å². The van der Waals surface area contributed by atoms with Crippen LogP contribution in [0.4, 0.5) is 0 Å². The van der Waals surface area contributed by atoms with Gasteiger partial charge in [-0.3, -0.25) is 19.2 Å². The van der Waals surface area contributed by atoms with Gasteiger partial charge in [0.1, 0.15) is 0 Å². The summed E-state index contributed by atoms with van der Waals surface area (Å²) in [4.78, 5) is 44.8. The van der Waals surface area contributed by atoms with E-state index in [-0.39, 0.29) is 11.9 Å². The minimum Gasteiger partial charge on any atom is -0.481 e. The van der Waals surface area contributed by atoms with Gasteiger partial charge in [-0.2, -0.15) is 0 Å². The summed E-state index contributed by atoms with van der Waals surface area (Å²) < 4.78 is 4.71. The third-order valence-corrected chi connectivity index (χ3v) is 8.18. The summed E-state index contributed by atoms with van der Waals surface area (Å²) in [7, 11) is 1.34. The highest BCUT2D eigenvalue weighted by atomic mass is 16.5. The molecule has 0 unspecified atom stereocenters. The van der Waals surface area contributed by atoms with E-state index in [1.54, 1.807) is 27.7 Å². The molecule has 0 heterocycles. The lowest BCUT2D eigenvalue weighted by molar-refractivity contribution is -0.160. The number of carbonyl (C=O) groups is 4. The average molecular weight is 414 g/mol. The Bertz CT molecular complexity index is 695. The normalized spacial score (nSPS) is 34.6. The van der Waals surface area contributed by atoms with E-state index in [1.807, 2.05) is 13.8 Å². The third-order valence-electron chi connectivity index (χ3n) is 8.18.